The van der Waals surface area contributed by atoms with Gasteiger partial charge in [-0.05, 0) is 48.5 Å². The van der Waals surface area contributed by atoms with Gasteiger partial charge in [0, 0.05) is 14.1 Å². The molecule has 0 atom stereocenters. The maximum absolute atomic E-state index is 12.8. The number of nitrogens with zero attached hydrogens (tertiary/aromatic N) is 1. The lowest BCUT2D eigenvalue weighted by Gasteiger charge is -2.15. The van der Waals surface area contributed by atoms with Crippen molar-refractivity contribution in [3.8, 4) is 11.5 Å². The second-order valence-corrected chi connectivity index (χ2v) is 10.6. The Hall–Kier alpha value is -2.59. The number of ether oxygens (including phenoxy) is 1. The van der Waals surface area contributed by atoms with Gasteiger partial charge in [-0.25, -0.2) is 21.1 Å². The summed E-state index contributed by atoms with van der Waals surface area (Å²) >= 11 is 6.11. The van der Waals surface area contributed by atoms with Gasteiger partial charge in [-0.2, -0.15) is 0 Å². The largest absolute Gasteiger partial charge is 0.454 e. The molecule has 0 heterocycles. The normalized spacial score (nSPS) is 12.0. The fourth-order valence-electron chi connectivity index (χ4n) is 2.49. The van der Waals surface area contributed by atoms with Gasteiger partial charge >= 0.3 is 0 Å². The zero-order valence-corrected chi connectivity index (χ0v) is 18.5. The van der Waals surface area contributed by atoms with Crippen molar-refractivity contribution in [2.45, 2.75) is 9.79 Å². The van der Waals surface area contributed by atoms with E-state index in [0.717, 1.165) is 4.31 Å². The first-order valence-electron chi connectivity index (χ1n) is 8.68. The Morgan fingerprint density at radius 3 is 1.90 bits per heavy atom. The zero-order valence-electron chi connectivity index (χ0n) is 16.1. The maximum Gasteiger partial charge on any atom is 0.262 e. The van der Waals surface area contributed by atoms with Crippen LogP contribution in [0.15, 0.2) is 82.6 Å². The summed E-state index contributed by atoms with van der Waals surface area (Å²) < 4.78 is 59.2. The van der Waals surface area contributed by atoms with Gasteiger partial charge in [-0.15, -0.1) is 0 Å². The minimum atomic E-state index is -3.99. The SMILES string of the molecule is CN(C)S(=O)(=O)c1ccc(S(=O)(=O)Nc2ccccc2Oc2ccccc2Cl)cc1. The van der Waals surface area contributed by atoms with Crippen molar-refractivity contribution in [3.63, 3.8) is 0 Å². The van der Waals surface area contributed by atoms with Crippen LogP contribution < -0.4 is 9.46 Å². The van der Waals surface area contributed by atoms with Gasteiger partial charge in [0.1, 0.15) is 5.75 Å². The Bertz CT molecular complexity index is 1260. The van der Waals surface area contributed by atoms with Crippen LogP contribution in [-0.2, 0) is 20.0 Å². The second-order valence-electron chi connectivity index (χ2n) is 6.39. The summed E-state index contributed by atoms with van der Waals surface area (Å²) in [4.78, 5) is -0.0957. The molecule has 0 spiro atoms. The van der Waals surface area contributed by atoms with Gasteiger partial charge in [0.25, 0.3) is 10.0 Å². The van der Waals surface area contributed by atoms with Crippen LogP contribution in [0, 0.1) is 0 Å². The molecule has 0 amide bonds. The number of hydrogen-bond donors (Lipinski definition) is 1. The summed E-state index contributed by atoms with van der Waals surface area (Å²) in [6.45, 7) is 0. The van der Waals surface area contributed by atoms with Crippen LogP contribution in [0.3, 0.4) is 0 Å². The van der Waals surface area contributed by atoms with Crippen LogP contribution in [0.4, 0.5) is 5.69 Å². The predicted octanol–water partition coefficient (Wildman–Crippen LogP) is 4.18. The Morgan fingerprint density at radius 2 is 1.30 bits per heavy atom. The van der Waals surface area contributed by atoms with E-state index >= 15 is 0 Å². The molecule has 0 fully saturated rings. The van der Waals surface area contributed by atoms with E-state index in [1.54, 1.807) is 48.5 Å². The van der Waals surface area contributed by atoms with Crippen molar-refractivity contribution in [2.24, 2.45) is 0 Å². The molecule has 0 radical (unpaired) electrons. The van der Waals surface area contributed by atoms with E-state index in [1.165, 1.54) is 38.4 Å². The molecule has 0 bridgehead atoms. The molecule has 0 saturated carbocycles. The summed E-state index contributed by atoms with van der Waals surface area (Å²) in [6, 6.07) is 18.3. The number of hydrogen-bond acceptors (Lipinski definition) is 5. The minimum absolute atomic E-state index is 0.00565. The van der Waals surface area contributed by atoms with Gasteiger partial charge in [-0.3, -0.25) is 4.72 Å². The zero-order chi connectivity index (χ0) is 21.9. The molecule has 3 rings (SSSR count). The highest BCUT2D eigenvalue weighted by atomic mass is 35.5. The second kappa shape index (κ2) is 8.65. The first-order chi connectivity index (χ1) is 14.1. The molecule has 158 valence electrons. The summed E-state index contributed by atoms with van der Waals surface area (Å²) in [5.74, 6) is 0.644. The van der Waals surface area contributed by atoms with E-state index in [0.29, 0.717) is 10.8 Å². The fourth-order valence-corrected chi connectivity index (χ4v) is 4.64. The number of para-hydroxylation sites is 3. The van der Waals surface area contributed by atoms with E-state index in [1.807, 2.05) is 0 Å². The molecule has 1 N–H and O–H groups in total. The molecule has 3 aromatic rings. The van der Waals surface area contributed by atoms with Crippen LogP contribution in [-0.4, -0.2) is 35.2 Å². The molecule has 0 aliphatic rings. The van der Waals surface area contributed by atoms with E-state index in [4.69, 9.17) is 16.3 Å². The highest BCUT2D eigenvalue weighted by Crippen LogP contribution is 2.34. The molecule has 10 heteroatoms. The van der Waals surface area contributed by atoms with Crippen molar-refractivity contribution in [2.75, 3.05) is 18.8 Å². The Balaban J connectivity index is 1.89. The molecular weight excluding hydrogens is 448 g/mol. The first kappa shape index (κ1) is 22.1. The number of rotatable bonds is 7. The summed E-state index contributed by atoms with van der Waals surface area (Å²) in [6.07, 6.45) is 0. The van der Waals surface area contributed by atoms with Crippen LogP contribution in [0.2, 0.25) is 5.02 Å². The Kier molecular flexibility index (Phi) is 6.37. The number of anilines is 1. The van der Waals surface area contributed by atoms with Crippen molar-refractivity contribution in [1.29, 1.82) is 0 Å². The molecular formula is C20H19ClN2O5S2. The van der Waals surface area contributed by atoms with Gasteiger partial charge in [0.15, 0.2) is 5.75 Å². The van der Waals surface area contributed by atoms with E-state index < -0.39 is 20.0 Å². The van der Waals surface area contributed by atoms with E-state index in [9.17, 15) is 16.8 Å². The highest BCUT2D eigenvalue weighted by molar-refractivity contribution is 7.92. The standard InChI is InChI=1S/C20H19ClN2O5S2/c1-23(2)30(26,27)16-13-11-15(12-14-16)29(24,25)22-18-8-4-6-10-20(18)28-19-9-5-3-7-17(19)21/h3-14,22H,1-2H3. The van der Waals surface area contributed by atoms with E-state index in [2.05, 4.69) is 4.72 Å². The molecule has 0 unspecified atom stereocenters. The molecule has 0 aromatic heterocycles. The van der Waals surface area contributed by atoms with Gasteiger partial charge in [0.05, 0.1) is 20.5 Å². The number of benzene rings is 3. The Labute approximate surface area is 181 Å². The topological polar surface area (TPSA) is 92.8 Å². The third-order valence-corrected chi connectivity index (χ3v) is 7.62. The first-order valence-corrected chi connectivity index (χ1v) is 12.0. The molecule has 0 aliphatic carbocycles. The van der Waals surface area contributed by atoms with Gasteiger partial charge < -0.3 is 4.74 Å². The lowest BCUT2D eigenvalue weighted by atomic mass is 10.3. The number of sulfonamides is 2. The fraction of sp³-hybridized carbons (Fsp3) is 0.100. The molecule has 0 aliphatic heterocycles. The highest BCUT2D eigenvalue weighted by Gasteiger charge is 2.21. The molecule has 3 aromatic carbocycles. The lowest BCUT2D eigenvalue weighted by molar-refractivity contribution is 0.485. The maximum atomic E-state index is 12.8. The van der Waals surface area contributed by atoms with E-state index in [-0.39, 0.29) is 21.2 Å². The lowest BCUT2D eigenvalue weighted by Crippen LogP contribution is -2.22. The van der Waals surface area contributed by atoms with Crippen LogP contribution >= 0.6 is 11.6 Å². The minimum Gasteiger partial charge on any atom is -0.454 e. The Morgan fingerprint density at radius 1 is 0.767 bits per heavy atom. The van der Waals surface area contributed by atoms with Crippen molar-refractivity contribution < 1.29 is 21.6 Å². The summed E-state index contributed by atoms with van der Waals surface area (Å²) in [5.41, 5.74) is 0.211. The van der Waals surface area contributed by atoms with Crippen LogP contribution in [0.1, 0.15) is 0 Å². The average molecular weight is 467 g/mol. The van der Waals surface area contributed by atoms with Gasteiger partial charge in [0.2, 0.25) is 10.0 Å². The van der Waals surface area contributed by atoms with Crippen LogP contribution in [0.5, 0.6) is 11.5 Å². The smallest absolute Gasteiger partial charge is 0.262 e. The monoisotopic (exact) mass is 466 g/mol. The number of nitrogens with one attached hydrogen (secondary N) is 1. The average Bonchev–Trinajstić information content (AvgIpc) is 2.71. The summed E-state index contributed by atoms with van der Waals surface area (Å²) in [7, 11) is -4.85. The quantitative estimate of drug-likeness (QED) is 0.563. The number of halogens is 1. The molecule has 30 heavy (non-hydrogen) atoms. The van der Waals surface area contributed by atoms with Crippen LogP contribution in [0.25, 0.3) is 0 Å². The molecule has 0 saturated heterocycles. The van der Waals surface area contributed by atoms with Crippen molar-refractivity contribution >= 4 is 37.3 Å². The van der Waals surface area contributed by atoms with Crippen molar-refractivity contribution in [1.82, 2.24) is 4.31 Å². The van der Waals surface area contributed by atoms with Crippen molar-refractivity contribution in [3.05, 3.63) is 77.8 Å². The third kappa shape index (κ3) is 4.76. The third-order valence-electron chi connectivity index (χ3n) is 4.10. The predicted molar refractivity (Wildman–Crippen MR) is 116 cm³/mol. The molecule has 7 nitrogen and oxygen atoms in total. The van der Waals surface area contributed by atoms with Gasteiger partial charge in [-0.1, -0.05) is 35.9 Å². The summed E-state index contributed by atoms with van der Waals surface area (Å²) in [5, 5.41) is 0.382.